The van der Waals surface area contributed by atoms with Crippen molar-refractivity contribution in [2.75, 3.05) is 0 Å². The molecule has 0 aliphatic rings. The molecule has 0 saturated carbocycles. The second kappa shape index (κ2) is 2.46. The smallest absolute Gasteiger partial charge is 0.171 e. The first-order valence-corrected chi connectivity index (χ1v) is 3.04. The van der Waals surface area contributed by atoms with Crippen LogP contribution in [0.4, 0.5) is 4.39 Å². The molecule has 1 unspecified atom stereocenters. The lowest BCUT2D eigenvalue weighted by molar-refractivity contribution is -0.130. The Hall–Kier alpha value is -0.400. The molecule has 9 heavy (non-hydrogen) atoms. The van der Waals surface area contributed by atoms with E-state index in [1.165, 1.54) is 6.92 Å². The highest BCUT2D eigenvalue weighted by atomic mass is 18.2. The summed E-state index contributed by atoms with van der Waals surface area (Å²) in [6.07, 6.45) is -1.33. The summed E-state index contributed by atoms with van der Waals surface area (Å²) in [6, 6.07) is 0. The zero-order valence-corrected chi connectivity index (χ0v) is 6.36. The molecule has 0 heterocycles. The minimum atomic E-state index is -1.33. The van der Waals surface area contributed by atoms with E-state index < -0.39 is 11.6 Å². The van der Waals surface area contributed by atoms with Gasteiger partial charge in [0.1, 0.15) is 0 Å². The van der Waals surface area contributed by atoms with E-state index in [1.54, 1.807) is 20.8 Å². The first-order valence-electron chi connectivity index (χ1n) is 3.04. The van der Waals surface area contributed by atoms with Crippen LogP contribution in [0.1, 0.15) is 27.7 Å². The van der Waals surface area contributed by atoms with Gasteiger partial charge >= 0.3 is 0 Å². The van der Waals surface area contributed by atoms with Crippen LogP contribution in [-0.2, 0) is 4.79 Å². The lowest BCUT2D eigenvalue weighted by Crippen LogP contribution is -2.27. The highest BCUT2D eigenvalue weighted by Crippen LogP contribution is 2.17. The fraction of sp³-hybridized carbons (Fsp3) is 0.857. The highest BCUT2D eigenvalue weighted by Gasteiger charge is 2.25. The Kier molecular flexibility index (Phi) is 2.35. The van der Waals surface area contributed by atoms with E-state index in [0.29, 0.717) is 0 Å². The van der Waals surface area contributed by atoms with Gasteiger partial charge in [0.2, 0.25) is 0 Å². The van der Waals surface area contributed by atoms with E-state index >= 15 is 0 Å². The molecule has 0 bridgehead atoms. The van der Waals surface area contributed by atoms with E-state index in [4.69, 9.17) is 0 Å². The average Bonchev–Trinajstić information content (AvgIpc) is 1.62. The Morgan fingerprint density at radius 3 is 1.78 bits per heavy atom. The molecule has 0 spiro atoms. The van der Waals surface area contributed by atoms with Crippen LogP contribution in [0.5, 0.6) is 0 Å². The molecule has 0 amide bonds. The maximum atomic E-state index is 12.2. The maximum Gasteiger partial charge on any atom is 0.171 e. The third-order valence-electron chi connectivity index (χ3n) is 1.10. The molecular weight excluding hydrogens is 118 g/mol. The molecule has 2 heteroatoms. The Balaban J connectivity index is 4.06. The molecule has 0 rings (SSSR count). The molecule has 0 aromatic rings. The number of Topliss-reactive ketones (excluding diaryl/α,β-unsaturated/α-hetero) is 1. The van der Waals surface area contributed by atoms with Crippen LogP contribution in [0.2, 0.25) is 0 Å². The van der Waals surface area contributed by atoms with E-state index in [1.807, 2.05) is 0 Å². The molecular formula is C7H13FO. The standard InChI is InChI=1S/C7H13FO/c1-5(8)6(9)7(2,3)4/h5H,1-4H3/i8-1. The second-order valence-corrected chi connectivity index (χ2v) is 3.23. The van der Waals surface area contributed by atoms with Crippen LogP contribution < -0.4 is 0 Å². The van der Waals surface area contributed by atoms with Gasteiger partial charge in [0.15, 0.2) is 12.0 Å². The van der Waals surface area contributed by atoms with Gasteiger partial charge in [-0.15, -0.1) is 0 Å². The Labute approximate surface area is 55.3 Å². The highest BCUT2D eigenvalue weighted by molar-refractivity contribution is 5.87. The number of hydrogen-bond donors (Lipinski definition) is 0. The van der Waals surface area contributed by atoms with Gasteiger partial charge in [-0.1, -0.05) is 20.8 Å². The van der Waals surface area contributed by atoms with Crippen molar-refractivity contribution in [3.63, 3.8) is 0 Å². The molecule has 1 atom stereocenters. The summed E-state index contributed by atoms with van der Waals surface area (Å²) in [4.78, 5) is 10.8. The lowest BCUT2D eigenvalue weighted by atomic mass is 9.88. The van der Waals surface area contributed by atoms with Crippen molar-refractivity contribution >= 4 is 5.78 Å². The van der Waals surface area contributed by atoms with Crippen LogP contribution in [-0.4, -0.2) is 12.0 Å². The van der Waals surface area contributed by atoms with Gasteiger partial charge in [0, 0.05) is 5.41 Å². The minimum Gasteiger partial charge on any atom is -0.296 e. The quantitative estimate of drug-likeness (QED) is 0.531. The monoisotopic (exact) mass is 131 g/mol. The topological polar surface area (TPSA) is 17.1 Å². The summed E-state index contributed by atoms with van der Waals surface area (Å²) >= 11 is 0. The van der Waals surface area contributed by atoms with E-state index in [2.05, 4.69) is 0 Å². The van der Waals surface area contributed by atoms with Crippen molar-refractivity contribution in [1.29, 1.82) is 0 Å². The zero-order chi connectivity index (χ0) is 7.65. The summed E-state index contributed by atoms with van der Waals surface area (Å²) in [6.45, 7) is 6.41. The van der Waals surface area contributed by atoms with Gasteiger partial charge in [-0.2, -0.15) is 0 Å². The Morgan fingerprint density at radius 2 is 1.78 bits per heavy atom. The van der Waals surface area contributed by atoms with Crippen LogP contribution in [0.25, 0.3) is 0 Å². The van der Waals surface area contributed by atoms with Crippen LogP contribution >= 0.6 is 0 Å². The Morgan fingerprint density at radius 1 is 1.44 bits per heavy atom. The molecule has 0 fully saturated rings. The SMILES string of the molecule is CC([18F])C(=O)C(C)(C)C. The van der Waals surface area contributed by atoms with Gasteiger partial charge in [-0.05, 0) is 6.92 Å². The number of hydrogen-bond acceptors (Lipinski definition) is 1. The summed E-state index contributed by atoms with van der Waals surface area (Å²) in [5.41, 5.74) is -0.534. The first-order chi connectivity index (χ1) is 3.85. The van der Waals surface area contributed by atoms with Crippen LogP contribution in [0.3, 0.4) is 0 Å². The van der Waals surface area contributed by atoms with Crippen molar-refractivity contribution in [3.8, 4) is 0 Å². The zero-order valence-electron chi connectivity index (χ0n) is 6.36. The summed E-state index contributed by atoms with van der Waals surface area (Å²) < 4.78 is 12.2. The van der Waals surface area contributed by atoms with E-state index in [0.717, 1.165) is 0 Å². The minimum absolute atomic E-state index is 0.331. The van der Waals surface area contributed by atoms with Crippen molar-refractivity contribution in [3.05, 3.63) is 0 Å². The van der Waals surface area contributed by atoms with Gasteiger partial charge in [0.05, 0.1) is 0 Å². The lowest BCUT2D eigenvalue weighted by Gasteiger charge is -2.16. The molecule has 0 saturated heterocycles. The predicted octanol–water partition coefficient (Wildman–Crippen LogP) is 1.96. The van der Waals surface area contributed by atoms with Gasteiger partial charge in [-0.25, -0.2) is 4.39 Å². The molecule has 54 valence electrons. The molecule has 0 N–H and O–H groups in total. The third-order valence-corrected chi connectivity index (χ3v) is 1.10. The Bertz CT molecular complexity index is 111. The molecule has 1 nitrogen and oxygen atoms in total. The van der Waals surface area contributed by atoms with Crippen LogP contribution in [0, 0.1) is 5.41 Å². The van der Waals surface area contributed by atoms with Gasteiger partial charge in [0.25, 0.3) is 0 Å². The van der Waals surface area contributed by atoms with Crippen molar-refractivity contribution in [1.82, 2.24) is 0 Å². The molecule has 0 aromatic carbocycles. The number of carbonyl (C=O) groups excluding carboxylic acids is 1. The first kappa shape index (κ1) is 8.60. The largest absolute Gasteiger partial charge is 0.296 e. The molecule has 0 aliphatic heterocycles. The van der Waals surface area contributed by atoms with Crippen molar-refractivity contribution in [2.45, 2.75) is 33.9 Å². The molecule has 0 radical (unpaired) electrons. The fourth-order valence-electron chi connectivity index (χ4n) is 0.597. The average molecular weight is 131 g/mol. The molecule has 0 aliphatic carbocycles. The van der Waals surface area contributed by atoms with E-state index in [-0.39, 0.29) is 5.78 Å². The summed E-state index contributed by atoms with van der Waals surface area (Å²) in [5, 5.41) is 0. The number of halogens is 1. The number of alkyl halides is 1. The number of ketones is 1. The van der Waals surface area contributed by atoms with Gasteiger partial charge < -0.3 is 0 Å². The van der Waals surface area contributed by atoms with E-state index in [9.17, 15) is 9.18 Å². The summed E-state index contributed by atoms with van der Waals surface area (Å²) in [5.74, 6) is -0.331. The van der Waals surface area contributed by atoms with Crippen molar-refractivity contribution < 1.29 is 9.18 Å². The normalized spacial score (nSPS) is 15.2. The third kappa shape index (κ3) is 2.59. The predicted molar refractivity (Wildman–Crippen MR) is 35.0 cm³/mol. The van der Waals surface area contributed by atoms with Crippen molar-refractivity contribution in [2.24, 2.45) is 5.41 Å². The van der Waals surface area contributed by atoms with Gasteiger partial charge in [-0.3, -0.25) is 4.79 Å². The van der Waals surface area contributed by atoms with Crippen LogP contribution in [0.15, 0.2) is 0 Å². The summed E-state index contributed by atoms with van der Waals surface area (Å²) in [7, 11) is 0. The number of carbonyl (C=O) groups is 1. The maximum absolute atomic E-state index is 12.2. The molecule has 0 aromatic heterocycles. The fourth-order valence-corrected chi connectivity index (χ4v) is 0.597. The second-order valence-electron chi connectivity index (χ2n) is 3.23. The number of rotatable bonds is 1.